The van der Waals surface area contributed by atoms with Crippen LogP contribution in [0.2, 0.25) is 0 Å². The zero-order valence-electron chi connectivity index (χ0n) is 38.3. The number of hydrogen-bond acceptors (Lipinski definition) is 10. The summed E-state index contributed by atoms with van der Waals surface area (Å²) in [6.07, 6.45) is 0.0295. The predicted octanol–water partition coefficient (Wildman–Crippen LogP) is 4.13. The average molecular weight is 845 g/mol. The number of piperidine rings is 1. The number of likely N-dealkylation sites (tertiary alicyclic amines) is 2. The highest BCUT2D eigenvalue weighted by atomic mass is 16.6. The zero-order valence-corrected chi connectivity index (χ0v) is 38.3. The van der Waals surface area contributed by atoms with Crippen LogP contribution in [0.1, 0.15) is 106 Å². The van der Waals surface area contributed by atoms with Gasteiger partial charge in [0.05, 0.1) is 54.8 Å². The molecule has 0 saturated carbocycles. The van der Waals surface area contributed by atoms with E-state index in [4.69, 9.17) is 14.2 Å². The first-order chi connectivity index (χ1) is 28.4. The van der Waals surface area contributed by atoms with E-state index in [1.807, 2.05) is 71.9 Å². The fraction of sp³-hybridized carbons (Fsp3) is 0.756. The van der Waals surface area contributed by atoms with Crippen LogP contribution in [-0.2, 0) is 33.4 Å². The van der Waals surface area contributed by atoms with Crippen LogP contribution in [0.5, 0.6) is 0 Å². The Bertz CT molecular complexity index is 1520. The second kappa shape index (κ2) is 24.0. The second-order valence-electron chi connectivity index (χ2n) is 17.6. The number of benzene rings is 1. The molecule has 0 spiro atoms. The number of hydrogen-bond donors (Lipinski definition) is 4. The molecule has 0 aliphatic carbocycles. The molecule has 340 valence electrons. The van der Waals surface area contributed by atoms with Gasteiger partial charge in [-0.3, -0.25) is 19.2 Å². The van der Waals surface area contributed by atoms with Crippen molar-refractivity contribution in [2.45, 2.75) is 149 Å². The largest absolute Gasteiger partial charge is 0.439 e. The number of carbonyl (C=O) groups is 5. The fourth-order valence-electron chi connectivity index (χ4n) is 8.81. The Morgan fingerprint density at radius 2 is 1.47 bits per heavy atom. The number of aliphatic hydroxyl groups is 1. The van der Waals surface area contributed by atoms with E-state index >= 15 is 0 Å². The first kappa shape index (κ1) is 50.6. The van der Waals surface area contributed by atoms with E-state index in [-0.39, 0.29) is 47.8 Å². The van der Waals surface area contributed by atoms with Gasteiger partial charge in [0.25, 0.3) is 0 Å². The summed E-state index contributed by atoms with van der Waals surface area (Å²) in [5.74, 6) is -1.86. The Kier molecular flexibility index (Phi) is 20.2. The van der Waals surface area contributed by atoms with Gasteiger partial charge in [-0.05, 0) is 63.0 Å². The van der Waals surface area contributed by atoms with Gasteiger partial charge in [-0.1, -0.05) is 85.2 Å². The molecule has 10 atom stereocenters. The summed E-state index contributed by atoms with van der Waals surface area (Å²) in [7, 11) is 6.55. The van der Waals surface area contributed by atoms with Crippen molar-refractivity contribution in [2.24, 2.45) is 23.7 Å². The summed E-state index contributed by atoms with van der Waals surface area (Å²) in [4.78, 5) is 74.1. The van der Waals surface area contributed by atoms with Crippen molar-refractivity contribution >= 4 is 29.7 Å². The minimum Gasteiger partial charge on any atom is -0.439 e. The molecule has 0 aromatic heterocycles. The van der Waals surface area contributed by atoms with Gasteiger partial charge in [0.1, 0.15) is 12.1 Å². The smallest absolute Gasteiger partial charge is 0.410 e. The molecule has 15 nitrogen and oxygen atoms in total. The van der Waals surface area contributed by atoms with Crippen LogP contribution >= 0.6 is 0 Å². The minimum atomic E-state index is -0.780. The Hall–Kier alpha value is -3.79. The topological polar surface area (TPSA) is 179 Å². The van der Waals surface area contributed by atoms with E-state index in [1.165, 1.54) is 0 Å². The third kappa shape index (κ3) is 13.1. The van der Waals surface area contributed by atoms with E-state index in [2.05, 4.69) is 16.0 Å². The molecule has 1 aromatic carbocycles. The molecular formula is C45H76N6O9. The summed E-state index contributed by atoms with van der Waals surface area (Å²) >= 11 is 0. The second-order valence-corrected chi connectivity index (χ2v) is 17.6. The van der Waals surface area contributed by atoms with Crippen LogP contribution in [0.4, 0.5) is 4.79 Å². The maximum absolute atomic E-state index is 14.3. The number of aliphatic hydroxyl groups excluding tert-OH is 1. The molecular weight excluding hydrogens is 769 g/mol. The third-order valence-corrected chi connectivity index (χ3v) is 12.7. The first-order valence-corrected chi connectivity index (χ1v) is 22.0. The number of methoxy groups -OCH3 is 2. The molecule has 2 saturated heterocycles. The van der Waals surface area contributed by atoms with Crippen LogP contribution in [-0.4, -0.2) is 146 Å². The van der Waals surface area contributed by atoms with Crippen LogP contribution in [0.3, 0.4) is 0 Å². The lowest BCUT2D eigenvalue weighted by atomic mass is 9.89. The molecule has 1 unspecified atom stereocenters. The highest BCUT2D eigenvalue weighted by molar-refractivity contribution is 5.90. The standard InChI is InChI=1S/C45H76N6O9/c1-13-29(6)39(49(10)44(56)38(28(4)5)48-43(55)37(46-9)27(2)3)35(58-11)26-36(53)51-23-17-20-34(51)40(59-12)30(7)42(54)47-31(8)41(32-18-15-14-16-19-32)60-45(57)50-24-21-33(52)22-25-50/h14-16,18-19,27-31,33-35,37-41,46,52H,13,17,20-26H2,1-12H3,(H,47,54)(H,48,55)/t29-,30+,31+,34-,35?,37-,38-,39-,40+,41+/m0/s1. The SMILES string of the molecule is CC[C@H](C)[C@@H](C(CC(=O)N1CCC[C@H]1[C@H](OC)[C@@H](C)C(=O)N[C@H](C)[C@@H](OC(=O)N1CCC(O)CC1)c1ccccc1)OC)N(C)C(=O)[C@@H](NC(=O)[C@@H](NC)C(C)C)C(C)C. The van der Waals surface area contributed by atoms with Crippen molar-refractivity contribution in [1.29, 1.82) is 0 Å². The number of rotatable bonds is 21. The van der Waals surface area contributed by atoms with Crippen molar-refractivity contribution in [2.75, 3.05) is 47.9 Å². The number of amides is 5. The van der Waals surface area contributed by atoms with Gasteiger partial charge in [0.2, 0.25) is 23.6 Å². The zero-order chi connectivity index (χ0) is 44.8. The molecule has 1 aromatic rings. The van der Waals surface area contributed by atoms with E-state index in [9.17, 15) is 29.1 Å². The van der Waals surface area contributed by atoms with Gasteiger partial charge in [0.15, 0.2) is 0 Å². The van der Waals surface area contributed by atoms with Gasteiger partial charge >= 0.3 is 6.09 Å². The Morgan fingerprint density at radius 3 is 2.00 bits per heavy atom. The summed E-state index contributed by atoms with van der Waals surface area (Å²) in [6.45, 7) is 16.6. The highest BCUT2D eigenvalue weighted by Gasteiger charge is 2.43. The third-order valence-electron chi connectivity index (χ3n) is 12.7. The lowest BCUT2D eigenvalue weighted by Crippen LogP contribution is -2.59. The molecule has 15 heteroatoms. The normalized spacial score (nSPS) is 20.7. The van der Waals surface area contributed by atoms with Gasteiger partial charge < -0.3 is 50.0 Å². The molecule has 0 bridgehead atoms. The summed E-state index contributed by atoms with van der Waals surface area (Å²) in [5, 5.41) is 19.0. The van der Waals surface area contributed by atoms with Crippen molar-refractivity contribution in [1.82, 2.24) is 30.7 Å². The Balaban J connectivity index is 1.77. The van der Waals surface area contributed by atoms with Gasteiger partial charge in [-0.15, -0.1) is 0 Å². The molecule has 60 heavy (non-hydrogen) atoms. The summed E-state index contributed by atoms with van der Waals surface area (Å²) in [6, 6.07) is 6.56. The summed E-state index contributed by atoms with van der Waals surface area (Å²) < 4.78 is 18.1. The van der Waals surface area contributed by atoms with Crippen molar-refractivity contribution in [3.63, 3.8) is 0 Å². The lowest BCUT2D eigenvalue weighted by Gasteiger charge is -2.41. The number of likely N-dealkylation sites (N-methyl/N-ethyl adjacent to an activating group) is 2. The Morgan fingerprint density at radius 1 is 0.850 bits per heavy atom. The van der Waals surface area contributed by atoms with Gasteiger partial charge in [-0.25, -0.2) is 4.79 Å². The number of nitrogens with one attached hydrogen (secondary N) is 3. The molecule has 2 aliphatic rings. The molecule has 5 amide bonds. The quantitative estimate of drug-likeness (QED) is 0.141. The first-order valence-electron chi connectivity index (χ1n) is 22.0. The molecule has 4 N–H and O–H groups in total. The maximum atomic E-state index is 14.3. The van der Waals surface area contributed by atoms with Gasteiger partial charge in [0, 0.05) is 40.9 Å². The van der Waals surface area contributed by atoms with Crippen LogP contribution < -0.4 is 16.0 Å². The molecule has 0 radical (unpaired) electrons. The number of carbonyl (C=O) groups excluding carboxylic acids is 5. The highest BCUT2D eigenvalue weighted by Crippen LogP contribution is 2.31. The minimum absolute atomic E-state index is 0.00164. The molecule has 2 fully saturated rings. The van der Waals surface area contributed by atoms with Crippen molar-refractivity contribution in [3.05, 3.63) is 35.9 Å². The predicted molar refractivity (Wildman–Crippen MR) is 231 cm³/mol. The lowest BCUT2D eigenvalue weighted by molar-refractivity contribution is -0.148. The number of nitrogens with zero attached hydrogens (tertiary/aromatic N) is 3. The van der Waals surface area contributed by atoms with Gasteiger partial charge in [-0.2, -0.15) is 0 Å². The maximum Gasteiger partial charge on any atom is 0.410 e. The molecule has 3 rings (SSSR count). The van der Waals surface area contributed by atoms with E-state index in [1.54, 1.807) is 56.9 Å². The average Bonchev–Trinajstić information content (AvgIpc) is 3.71. The van der Waals surface area contributed by atoms with E-state index < -0.39 is 66.6 Å². The van der Waals surface area contributed by atoms with Crippen LogP contribution in [0.25, 0.3) is 0 Å². The van der Waals surface area contributed by atoms with Crippen molar-refractivity contribution in [3.8, 4) is 0 Å². The van der Waals surface area contributed by atoms with E-state index in [0.29, 0.717) is 38.9 Å². The van der Waals surface area contributed by atoms with Crippen LogP contribution in [0, 0.1) is 23.7 Å². The van der Waals surface area contributed by atoms with Crippen molar-refractivity contribution < 1.29 is 43.3 Å². The fourth-order valence-corrected chi connectivity index (χ4v) is 8.81. The monoisotopic (exact) mass is 845 g/mol. The van der Waals surface area contributed by atoms with Crippen LogP contribution in [0.15, 0.2) is 30.3 Å². The summed E-state index contributed by atoms with van der Waals surface area (Å²) in [5.41, 5.74) is 0.730. The van der Waals surface area contributed by atoms with E-state index in [0.717, 1.165) is 18.4 Å². The molecule has 2 heterocycles. The number of ether oxygens (including phenoxy) is 3. The Labute approximate surface area is 359 Å². The molecule has 2 aliphatic heterocycles.